The van der Waals surface area contributed by atoms with E-state index >= 15 is 0 Å². The minimum Gasteiger partial charge on any atom is -0.341 e. The summed E-state index contributed by atoms with van der Waals surface area (Å²) in [6.07, 6.45) is 2.29. The highest BCUT2D eigenvalue weighted by atomic mass is 32.2. The highest BCUT2D eigenvalue weighted by Crippen LogP contribution is 2.21. The van der Waals surface area contributed by atoms with Crippen molar-refractivity contribution in [3.63, 3.8) is 0 Å². The molecule has 1 fully saturated rings. The summed E-state index contributed by atoms with van der Waals surface area (Å²) < 4.78 is 28.2. The molecule has 26 heavy (non-hydrogen) atoms. The summed E-state index contributed by atoms with van der Waals surface area (Å²) in [5.74, 6) is 0.694. The lowest BCUT2D eigenvalue weighted by Crippen LogP contribution is -2.26. The second-order valence-corrected chi connectivity index (χ2v) is 8.76. The van der Waals surface area contributed by atoms with Gasteiger partial charge in [-0.1, -0.05) is 6.07 Å². The van der Waals surface area contributed by atoms with Crippen LogP contribution >= 0.6 is 0 Å². The highest BCUT2D eigenvalue weighted by Gasteiger charge is 2.19. The molecule has 2 heterocycles. The Morgan fingerprint density at radius 2 is 1.62 bits per heavy atom. The fourth-order valence-electron chi connectivity index (χ4n) is 3.24. The van der Waals surface area contributed by atoms with Crippen LogP contribution in [-0.2, 0) is 16.6 Å². The van der Waals surface area contributed by atoms with Gasteiger partial charge in [0.15, 0.2) is 0 Å². The minimum absolute atomic E-state index is 0.152. The first kappa shape index (κ1) is 18.8. The summed E-state index contributed by atoms with van der Waals surface area (Å²) in [7, 11) is -3.60. The summed E-state index contributed by atoms with van der Waals surface area (Å²) in [5.41, 5.74) is 4.33. The van der Waals surface area contributed by atoms with E-state index in [2.05, 4.69) is 19.6 Å². The van der Waals surface area contributed by atoms with E-state index in [0.29, 0.717) is 16.5 Å². The molecule has 7 heteroatoms. The topological polar surface area (TPSA) is 75.2 Å². The van der Waals surface area contributed by atoms with Crippen LogP contribution in [0.5, 0.6) is 0 Å². The van der Waals surface area contributed by atoms with Gasteiger partial charge < -0.3 is 4.90 Å². The van der Waals surface area contributed by atoms with Crippen molar-refractivity contribution in [2.75, 3.05) is 18.0 Å². The summed E-state index contributed by atoms with van der Waals surface area (Å²) in [4.78, 5) is 11.5. The van der Waals surface area contributed by atoms with Crippen LogP contribution in [0.4, 0.5) is 5.95 Å². The Kier molecular flexibility index (Phi) is 5.29. The molecule has 0 unspecified atom stereocenters. The van der Waals surface area contributed by atoms with E-state index in [0.717, 1.165) is 48.3 Å². The zero-order valence-electron chi connectivity index (χ0n) is 15.8. The van der Waals surface area contributed by atoms with E-state index < -0.39 is 10.0 Å². The van der Waals surface area contributed by atoms with Gasteiger partial charge >= 0.3 is 0 Å². The van der Waals surface area contributed by atoms with Gasteiger partial charge in [-0.2, -0.15) is 0 Å². The van der Waals surface area contributed by atoms with Crippen molar-refractivity contribution in [1.29, 1.82) is 0 Å². The number of nitrogens with one attached hydrogen (secondary N) is 1. The summed E-state index contributed by atoms with van der Waals surface area (Å²) in [6, 6.07) is 5.47. The number of aromatic nitrogens is 2. The zero-order valence-corrected chi connectivity index (χ0v) is 16.7. The first-order chi connectivity index (χ1) is 12.3. The number of hydrogen-bond donors (Lipinski definition) is 1. The summed E-state index contributed by atoms with van der Waals surface area (Å²) in [5, 5.41) is 0. The molecule has 2 aromatic rings. The molecule has 1 aromatic carbocycles. The van der Waals surface area contributed by atoms with E-state index in [1.807, 2.05) is 39.8 Å². The van der Waals surface area contributed by atoms with Crippen LogP contribution in [0.25, 0.3) is 0 Å². The SMILES string of the molecule is Cc1cc(CNS(=O)(=O)c2cc(C)c(C)cc2C)nc(N2CCCC2)n1. The number of hydrogen-bond acceptors (Lipinski definition) is 5. The molecule has 0 spiro atoms. The molecule has 0 bridgehead atoms. The van der Waals surface area contributed by atoms with Gasteiger partial charge in [-0.05, 0) is 69.4 Å². The molecule has 0 radical (unpaired) electrons. The lowest BCUT2D eigenvalue weighted by atomic mass is 10.1. The highest BCUT2D eigenvalue weighted by molar-refractivity contribution is 7.89. The molecule has 1 aromatic heterocycles. The van der Waals surface area contributed by atoms with Crippen LogP contribution in [0.3, 0.4) is 0 Å². The van der Waals surface area contributed by atoms with Gasteiger partial charge in [0.05, 0.1) is 17.1 Å². The second kappa shape index (κ2) is 7.32. The maximum Gasteiger partial charge on any atom is 0.241 e. The lowest BCUT2D eigenvalue weighted by molar-refractivity contribution is 0.579. The minimum atomic E-state index is -3.60. The van der Waals surface area contributed by atoms with Gasteiger partial charge in [0.25, 0.3) is 0 Å². The Morgan fingerprint density at radius 3 is 2.31 bits per heavy atom. The molecule has 1 aliphatic rings. The molecular formula is C19H26N4O2S. The largest absolute Gasteiger partial charge is 0.341 e. The summed E-state index contributed by atoms with van der Waals surface area (Å²) in [6.45, 7) is 9.69. The van der Waals surface area contributed by atoms with Gasteiger partial charge in [0.2, 0.25) is 16.0 Å². The average Bonchev–Trinajstić information content (AvgIpc) is 3.10. The van der Waals surface area contributed by atoms with Crippen molar-refractivity contribution in [2.45, 2.75) is 52.0 Å². The predicted octanol–water partition coefficient (Wildman–Crippen LogP) is 2.79. The molecule has 1 aliphatic heterocycles. The molecule has 1 N–H and O–H groups in total. The van der Waals surface area contributed by atoms with E-state index in [4.69, 9.17) is 0 Å². The fourth-order valence-corrected chi connectivity index (χ4v) is 4.54. The molecule has 0 aliphatic carbocycles. The molecule has 140 valence electrons. The van der Waals surface area contributed by atoms with E-state index in [1.54, 1.807) is 6.07 Å². The third-order valence-electron chi connectivity index (χ3n) is 4.81. The molecule has 0 saturated carbocycles. The van der Waals surface area contributed by atoms with Crippen LogP contribution in [0.2, 0.25) is 0 Å². The predicted molar refractivity (Wildman–Crippen MR) is 103 cm³/mol. The third kappa shape index (κ3) is 4.04. The Labute approximate surface area is 155 Å². The quantitative estimate of drug-likeness (QED) is 0.871. The third-order valence-corrected chi connectivity index (χ3v) is 6.35. The van der Waals surface area contributed by atoms with Crippen molar-refractivity contribution in [1.82, 2.24) is 14.7 Å². The smallest absolute Gasteiger partial charge is 0.241 e. The van der Waals surface area contributed by atoms with Crippen LogP contribution in [0.1, 0.15) is 40.9 Å². The Hall–Kier alpha value is -1.99. The van der Waals surface area contributed by atoms with Gasteiger partial charge in [0.1, 0.15) is 0 Å². The normalized spacial score (nSPS) is 14.8. The van der Waals surface area contributed by atoms with Crippen LogP contribution in [-0.4, -0.2) is 31.5 Å². The molecule has 1 saturated heterocycles. The average molecular weight is 375 g/mol. The van der Waals surface area contributed by atoms with Crippen LogP contribution in [0.15, 0.2) is 23.1 Å². The maximum atomic E-state index is 12.8. The van der Waals surface area contributed by atoms with Crippen LogP contribution < -0.4 is 9.62 Å². The Balaban J connectivity index is 1.81. The standard InChI is InChI=1S/C19H26N4O2S/c1-13-9-15(3)18(10-14(13)2)26(24,25)20-12-17-11-16(4)21-19(22-17)23-7-5-6-8-23/h9-11,20H,5-8,12H2,1-4H3. The van der Waals surface area contributed by atoms with Crippen molar-refractivity contribution in [2.24, 2.45) is 0 Å². The van der Waals surface area contributed by atoms with Gasteiger partial charge in [0, 0.05) is 18.8 Å². The molecule has 3 rings (SSSR count). The van der Waals surface area contributed by atoms with Gasteiger partial charge in [-0.15, -0.1) is 0 Å². The maximum absolute atomic E-state index is 12.8. The number of anilines is 1. The number of nitrogens with zero attached hydrogens (tertiary/aromatic N) is 3. The number of rotatable bonds is 5. The summed E-state index contributed by atoms with van der Waals surface area (Å²) >= 11 is 0. The second-order valence-electron chi connectivity index (χ2n) is 7.02. The van der Waals surface area contributed by atoms with E-state index in [9.17, 15) is 8.42 Å². The lowest BCUT2D eigenvalue weighted by Gasteiger charge is -2.17. The van der Waals surface area contributed by atoms with Gasteiger partial charge in [-0.3, -0.25) is 0 Å². The molecule has 6 nitrogen and oxygen atoms in total. The number of benzene rings is 1. The zero-order chi connectivity index (χ0) is 18.9. The first-order valence-corrected chi connectivity index (χ1v) is 10.4. The molecule has 0 atom stereocenters. The fraction of sp³-hybridized carbons (Fsp3) is 0.474. The monoisotopic (exact) mass is 374 g/mol. The van der Waals surface area contributed by atoms with E-state index in [-0.39, 0.29) is 6.54 Å². The Bertz CT molecular complexity index is 919. The molecule has 0 amide bonds. The van der Waals surface area contributed by atoms with Crippen molar-refractivity contribution < 1.29 is 8.42 Å². The van der Waals surface area contributed by atoms with Crippen molar-refractivity contribution in [3.05, 3.63) is 46.3 Å². The molecular weight excluding hydrogens is 348 g/mol. The van der Waals surface area contributed by atoms with E-state index in [1.165, 1.54) is 0 Å². The van der Waals surface area contributed by atoms with Crippen molar-refractivity contribution in [3.8, 4) is 0 Å². The Morgan fingerprint density at radius 1 is 0.962 bits per heavy atom. The first-order valence-electron chi connectivity index (χ1n) is 8.93. The van der Waals surface area contributed by atoms with Crippen molar-refractivity contribution >= 4 is 16.0 Å². The number of sulfonamides is 1. The number of aryl methyl sites for hydroxylation is 4. The van der Waals surface area contributed by atoms with Crippen LogP contribution in [0, 0.1) is 27.7 Å². The van der Waals surface area contributed by atoms with Gasteiger partial charge in [-0.25, -0.2) is 23.1 Å².